The van der Waals surface area contributed by atoms with E-state index in [2.05, 4.69) is 10.1 Å². The Balaban J connectivity index is 1.54. The van der Waals surface area contributed by atoms with Gasteiger partial charge in [0.25, 0.3) is 5.89 Å². The van der Waals surface area contributed by atoms with Gasteiger partial charge < -0.3 is 9.42 Å². The molecule has 9 heteroatoms. The maximum atomic E-state index is 12.7. The molecule has 2 heterocycles. The van der Waals surface area contributed by atoms with Crippen molar-refractivity contribution < 1.29 is 22.5 Å². The molecule has 29 heavy (non-hydrogen) atoms. The van der Waals surface area contributed by atoms with E-state index in [0.717, 1.165) is 23.4 Å². The number of carbonyl (C=O) groups excluding carboxylic acids is 1. The minimum Gasteiger partial charge on any atom is -0.334 e. The Bertz CT molecular complexity index is 1060. The SMILES string of the molecule is Cc1c(Cl)cccc1N1CC(c2noc(-c3ccc(C(F)(F)F)cc3)n2)CC1=O. The van der Waals surface area contributed by atoms with Crippen LogP contribution in [0.4, 0.5) is 18.9 Å². The number of anilines is 1. The lowest BCUT2D eigenvalue weighted by Gasteiger charge is -2.19. The average Bonchev–Trinajstić information content (AvgIpc) is 3.30. The standard InChI is InChI=1S/C20H15ClF3N3O2/c1-11-15(21)3-2-4-16(11)27-10-13(9-17(27)28)18-25-19(29-26-18)12-5-7-14(8-6-12)20(22,23)24/h2-8,13H,9-10H2,1H3. The van der Waals surface area contributed by atoms with Crippen molar-refractivity contribution in [3.05, 3.63) is 64.4 Å². The zero-order chi connectivity index (χ0) is 20.8. The summed E-state index contributed by atoms with van der Waals surface area (Å²) in [6.45, 7) is 2.21. The molecular formula is C20H15ClF3N3O2. The highest BCUT2D eigenvalue weighted by Gasteiger charge is 2.35. The van der Waals surface area contributed by atoms with E-state index in [1.807, 2.05) is 13.0 Å². The topological polar surface area (TPSA) is 59.2 Å². The highest BCUT2D eigenvalue weighted by atomic mass is 35.5. The van der Waals surface area contributed by atoms with Crippen LogP contribution in [0.15, 0.2) is 47.0 Å². The van der Waals surface area contributed by atoms with Crippen LogP contribution in [0.2, 0.25) is 5.02 Å². The van der Waals surface area contributed by atoms with Gasteiger partial charge in [0.05, 0.1) is 5.56 Å². The summed E-state index contributed by atoms with van der Waals surface area (Å²) in [4.78, 5) is 18.5. The van der Waals surface area contributed by atoms with Gasteiger partial charge in [-0.3, -0.25) is 4.79 Å². The van der Waals surface area contributed by atoms with E-state index in [4.69, 9.17) is 16.1 Å². The highest BCUT2D eigenvalue weighted by molar-refractivity contribution is 6.31. The molecule has 0 spiro atoms. The summed E-state index contributed by atoms with van der Waals surface area (Å²) in [5.41, 5.74) is 1.16. The third-order valence-corrected chi connectivity index (χ3v) is 5.33. The van der Waals surface area contributed by atoms with Crippen LogP contribution in [0.25, 0.3) is 11.5 Å². The fourth-order valence-corrected chi connectivity index (χ4v) is 3.49. The minimum absolute atomic E-state index is 0.0822. The van der Waals surface area contributed by atoms with E-state index in [-0.39, 0.29) is 24.1 Å². The van der Waals surface area contributed by atoms with Crippen LogP contribution >= 0.6 is 11.6 Å². The number of amides is 1. The molecule has 1 unspecified atom stereocenters. The van der Waals surface area contributed by atoms with Crippen molar-refractivity contribution in [1.29, 1.82) is 0 Å². The van der Waals surface area contributed by atoms with Gasteiger partial charge in [0.15, 0.2) is 5.82 Å². The first kappa shape index (κ1) is 19.4. The average molecular weight is 422 g/mol. The smallest absolute Gasteiger partial charge is 0.334 e. The Kier molecular flexibility index (Phi) is 4.82. The van der Waals surface area contributed by atoms with Gasteiger partial charge in [-0.25, -0.2) is 0 Å². The van der Waals surface area contributed by atoms with Gasteiger partial charge in [-0.1, -0.05) is 22.8 Å². The predicted molar refractivity (Wildman–Crippen MR) is 101 cm³/mol. The van der Waals surface area contributed by atoms with Crippen molar-refractivity contribution in [3.63, 3.8) is 0 Å². The summed E-state index contributed by atoms with van der Waals surface area (Å²) in [6, 6.07) is 9.84. The first-order valence-electron chi connectivity index (χ1n) is 8.81. The second kappa shape index (κ2) is 7.18. The number of halogens is 4. The molecule has 3 aromatic rings. The first-order chi connectivity index (χ1) is 13.7. The van der Waals surface area contributed by atoms with Gasteiger partial charge in [-0.15, -0.1) is 0 Å². The molecule has 4 rings (SSSR count). The lowest BCUT2D eigenvalue weighted by molar-refractivity contribution is -0.137. The lowest BCUT2D eigenvalue weighted by atomic mass is 10.1. The number of aromatic nitrogens is 2. The van der Waals surface area contributed by atoms with E-state index in [9.17, 15) is 18.0 Å². The van der Waals surface area contributed by atoms with E-state index in [0.29, 0.717) is 23.0 Å². The number of rotatable bonds is 3. The second-order valence-electron chi connectivity index (χ2n) is 6.82. The number of alkyl halides is 3. The van der Waals surface area contributed by atoms with E-state index < -0.39 is 11.7 Å². The molecule has 0 aliphatic carbocycles. The summed E-state index contributed by atoms with van der Waals surface area (Å²) in [6.07, 6.45) is -4.21. The van der Waals surface area contributed by atoms with Gasteiger partial charge in [-0.05, 0) is 48.9 Å². The Morgan fingerprint density at radius 3 is 2.59 bits per heavy atom. The Hall–Kier alpha value is -2.87. The Morgan fingerprint density at radius 1 is 1.17 bits per heavy atom. The molecule has 1 saturated heterocycles. The van der Waals surface area contributed by atoms with Crippen LogP contribution in [-0.2, 0) is 11.0 Å². The fraction of sp³-hybridized carbons (Fsp3) is 0.250. The zero-order valence-electron chi connectivity index (χ0n) is 15.2. The molecule has 0 radical (unpaired) electrons. The summed E-state index contributed by atoms with van der Waals surface area (Å²) < 4.78 is 43.3. The van der Waals surface area contributed by atoms with Gasteiger partial charge in [0.1, 0.15) is 0 Å². The molecule has 1 amide bonds. The zero-order valence-corrected chi connectivity index (χ0v) is 16.0. The van der Waals surface area contributed by atoms with Crippen LogP contribution < -0.4 is 4.90 Å². The molecule has 2 aromatic carbocycles. The molecule has 0 N–H and O–H groups in total. The quantitative estimate of drug-likeness (QED) is 0.580. The highest BCUT2D eigenvalue weighted by Crippen LogP contribution is 2.35. The summed E-state index contributed by atoms with van der Waals surface area (Å²) >= 11 is 6.16. The maximum absolute atomic E-state index is 12.7. The largest absolute Gasteiger partial charge is 0.416 e. The van der Waals surface area contributed by atoms with Crippen LogP contribution in [0.3, 0.4) is 0 Å². The minimum atomic E-state index is -4.41. The van der Waals surface area contributed by atoms with Crippen LogP contribution in [-0.4, -0.2) is 22.6 Å². The van der Waals surface area contributed by atoms with Crippen LogP contribution in [0.1, 0.15) is 29.3 Å². The van der Waals surface area contributed by atoms with Crippen molar-refractivity contribution in [2.75, 3.05) is 11.4 Å². The summed E-state index contributed by atoms with van der Waals surface area (Å²) in [7, 11) is 0. The lowest BCUT2D eigenvalue weighted by Crippen LogP contribution is -2.25. The molecule has 1 aliphatic heterocycles. The normalized spacial score (nSPS) is 17.2. The van der Waals surface area contributed by atoms with Gasteiger partial charge in [0.2, 0.25) is 5.91 Å². The molecule has 0 saturated carbocycles. The van der Waals surface area contributed by atoms with Crippen LogP contribution in [0, 0.1) is 6.92 Å². The molecule has 1 aliphatic rings. The Labute approximate surface area is 169 Å². The van der Waals surface area contributed by atoms with Crippen LogP contribution in [0.5, 0.6) is 0 Å². The molecule has 0 bridgehead atoms. The van der Waals surface area contributed by atoms with Crippen molar-refractivity contribution in [2.45, 2.75) is 25.4 Å². The number of hydrogen-bond donors (Lipinski definition) is 0. The maximum Gasteiger partial charge on any atom is 0.416 e. The van der Waals surface area contributed by atoms with Crippen molar-refractivity contribution in [3.8, 4) is 11.5 Å². The summed E-state index contributed by atoms with van der Waals surface area (Å²) in [5.74, 6) is 0.0862. The number of carbonyl (C=O) groups is 1. The summed E-state index contributed by atoms with van der Waals surface area (Å²) in [5, 5.41) is 4.51. The van der Waals surface area contributed by atoms with Gasteiger partial charge in [0, 0.05) is 35.2 Å². The monoisotopic (exact) mass is 421 g/mol. The second-order valence-corrected chi connectivity index (χ2v) is 7.23. The molecular weight excluding hydrogens is 407 g/mol. The predicted octanol–water partition coefficient (Wildman–Crippen LogP) is 5.24. The van der Waals surface area contributed by atoms with E-state index in [1.165, 1.54) is 12.1 Å². The molecule has 1 fully saturated rings. The molecule has 1 atom stereocenters. The third-order valence-electron chi connectivity index (χ3n) is 4.92. The molecule has 5 nitrogen and oxygen atoms in total. The van der Waals surface area contributed by atoms with Gasteiger partial charge in [-0.2, -0.15) is 18.2 Å². The van der Waals surface area contributed by atoms with Crippen molar-refractivity contribution in [2.24, 2.45) is 0 Å². The van der Waals surface area contributed by atoms with Crippen molar-refractivity contribution >= 4 is 23.2 Å². The first-order valence-corrected chi connectivity index (χ1v) is 9.18. The number of hydrogen-bond acceptors (Lipinski definition) is 4. The molecule has 1 aromatic heterocycles. The van der Waals surface area contributed by atoms with Gasteiger partial charge >= 0.3 is 6.18 Å². The molecule has 150 valence electrons. The Morgan fingerprint density at radius 2 is 1.90 bits per heavy atom. The van der Waals surface area contributed by atoms with E-state index in [1.54, 1.807) is 17.0 Å². The fourth-order valence-electron chi connectivity index (χ4n) is 3.32. The third kappa shape index (κ3) is 3.72. The number of nitrogens with zero attached hydrogens (tertiary/aromatic N) is 3. The van der Waals surface area contributed by atoms with Crippen molar-refractivity contribution in [1.82, 2.24) is 10.1 Å². The van der Waals surface area contributed by atoms with E-state index >= 15 is 0 Å². The number of benzene rings is 2.